The van der Waals surface area contributed by atoms with E-state index in [9.17, 15) is 4.79 Å². The molecule has 0 bridgehead atoms. The topological polar surface area (TPSA) is 60.0 Å². The fraction of sp³-hybridized carbons (Fsp3) is 0.900. The van der Waals surface area contributed by atoms with Gasteiger partial charge in [0.1, 0.15) is 0 Å². The Morgan fingerprint density at radius 1 is 1.07 bits per heavy atom. The molecule has 1 aliphatic heterocycles. The Morgan fingerprint density at radius 2 is 1.70 bits per heavy atom. The highest BCUT2D eigenvalue weighted by Gasteiger charge is 2.29. The molecule has 7 heteroatoms. The van der Waals surface area contributed by atoms with E-state index >= 15 is 0 Å². The van der Waals surface area contributed by atoms with Crippen molar-refractivity contribution in [1.82, 2.24) is 20.4 Å². The second kappa shape index (κ2) is 13.6. The van der Waals surface area contributed by atoms with Crippen LogP contribution in [0.4, 0.5) is 0 Å². The lowest BCUT2D eigenvalue weighted by atomic mass is 10.1. The number of hydrogen-bond donors (Lipinski definition) is 2. The highest BCUT2D eigenvalue weighted by atomic mass is 127. The molecule has 0 aromatic rings. The molecule has 1 saturated heterocycles. The predicted molar refractivity (Wildman–Crippen MR) is 124 cm³/mol. The maximum absolute atomic E-state index is 12.5. The van der Waals surface area contributed by atoms with Crippen molar-refractivity contribution >= 4 is 35.8 Å². The van der Waals surface area contributed by atoms with E-state index in [1.165, 1.54) is 25.7 Å². The monoisotopic (exact) mass is 493 g/mol. The maximum atomic E-state index is 12.5. The van der Waals surface area contributed by atoms with Gasteiger partial charge in [-0.15, -0.1) is 24.0 Å². The zero-order valence-electron chi connectivity index (χ0n) is 17.5. The minimum absolute atomic E-state index is 0. The summed E-state index contributed by atoms with van der Waals surface area (Å²) in [5.74, 6) is 2.37. The molecule has 2 aliphatic rings. The van der Waals surface area contributed by atoms with Crippen molar-refractivity contribution in [3.8, 4) is 0 Å². The lowest BCUT2D eigenvalue weighted by Gasteiger charge is -2.36. The Balaban J connectivity index is 0.00000364. The Bertz CT molecular complexity index is 444. The molecule has 1 aliphatic carbocycles. The fourth-order valence-electron chi connectivity index (χ4n) is 3.89. The molecule has 0 aromatic carbocycles. The summed E-state index contributed by atoms with van der Waals surface area (Å²) in [6.45, 7) is 11.1. The van der Waals surface area contributed by atoms with Crippen LogP contribution in [0.5, 0.6) is 0 Å². The van der Waals surface area contributed by atoms with Crippen molar-refractivity contribution in [3.05, 3.63) is 0 Å². The van der Waals surface area contributed by atoms with Crippen LogP contribution in [0, 0.1) is 11.8 Å². The zero-order chi connectivity index (χ0) is 18.8. The minimum Gasteiger partial charge on any atom is -0.356 e. The molecule has 2 fully saturated rings. The average molecular weight is 493 g/mol. The summed E-state index contributed by atoms with van der Waals surface area (Å²) in [6.07, 6.45) is 7.09. The first kappa shape index (κ1) is 24.5. The van der Waals surface area contributed by atoms with Gasteiger partial charge in [-0.1, -0.05) is 26.7 Å². The van der Waals surface area contributed by atoms with Gasteiger partial charge in [-0.2, -0.15) is 0 Å². The van der Waals surface area contributed by atoms with Crippen molar-refractivity contribution in [2.45, 2.75) is 52.4 Å². The number of amides is 1. The molecule has 6 nitrogen and oxygen atoms in total. The van der Waals surface area contributed by atoms with Gasteiger partial charge in [-0.3, -0.25) is 14.7 Å². The van der Waals surface area contributed by atoms with Crippen LogP contribution in [0.3, 0.4) is 0 Å². The number of nitrogens with zero attached hydrogens (tertiary/aromatic N) is 3. The molecule has 0 atom stereocenters. The van der Waals surface area contributed by atoms with Gasteiger partial charge in [-0.05, 0) is 31.6 Å². The fourth-order valence-corrected chi connectivity index (χ4v) is 3.89. The molecule has 158 valence electrons. The summed E-state index contributed by atoms with van der Waals surface area (Å²) < 4.78 is 0. The van der Waals surface area contributed by atoms with Crippen LogP contribution in [-0.4, -0.2) is 74.5 Å². The first-order valence-corrected chi connectivity index (χ1v) is 10.6. The second-order valence-electron chi connectivity index (χ2n) is 8.11. The van der Waals surface area contributed by atoms with Crippen LogP contribution in [0.15, 0.2) is 4.99 Å². The van der Waals surface area contributed by atoms with Crippen molar-refractivity contribution in [2.75, 3.05) is 52.9 Å². The molecular formula is C20H40IN5O. The van der Waals surface area contributed by atoms with Gasteiger partial charge >= 0.3 is 0 Å². The van der Waals surface area contributed by atoms with E-state index in [2.05, 4.69) is 39.3 Å². The summed E-state index contributed by atoms with van der Waals surface area (Å²) in [5.41, 5.74) is 0. The highest BCUT2D eigenvalue weighted by Crippen LogP contribution is 2.26. The summed E-state index contributed by atoms with van der Waals surface area (Å²) in [4.78, 5) is 21.3. The lowest BCUT2D eigenvalue weighted by molar-refractivity contribution is -0.137. The summed E-state index contributed by atoms with van der Waals surface area (Å²) in [6, 6.07) is 0. The molecule has 1 saturated carbocycles. The molecule has 1 amide bonds. The van der Waals surface area contributed by atoms with Crippen LogP contribution < -0.4 is 10.6 Å². The molecule has 0 radical (unpaired) electrons. The molecule has 27 heavy (non-hydrogen) atoms. The molecular weight excluding hydrogens is 453 g/mol. The van der Waals surface area contributed by atoms with Crippen LogP contribution in [0.25, 0.3) is 0 Å². The van der Waals surface area contributed by atoms with Gasteiger partial charge in [0.05, 0.1) is 0 Å². The van der Waals surface area contributed by atoms with Crippen molar-refractivity contribution in [2.24, 2.45) is 16.8 Å². The first-order chi connectivity index (χ1) is 12.6. The third kappa shape index (κ3) is 8.98. The van der Waals surface area contributed by atoms with Crippen LogP contribution in [-0.2, 0) is 4.79 Å². The van der Waals surface area contributed by atoms with Gasteiger partial charge in [0.15, 0.2) is 5.96 Å². The summed E-state index contributed by atoms with van der Waals surface area (Å²) in [5, 5.41) is 6.78. The number of hydrogen-bond acceptors (Lipinski definition) is 3. The molecule has 0 aromatic heterocycles. The van der Waals surface area contributed by atoms with Crippen molar-refractivity contribution in [1.29, 1.82) is 0 Å². The maximum Gasteiger partial charge on any atom is 0.225 e. The Labute approximate surface area is 182 Å². The van der Waals surface area contributed by atoms with Gasteiger partial charge in [0.2, 0.25) is 5.91 Å². The third-order valence-corrected chi connectivity index (χ3v) is 5.58. The molecule has 0 spiro atoms. The van der Waals surface area contributed by atoms with Gasteiger partial charge in [0.25, 0.3) is 0 Å². The van der Waals surface area contributed by atoms with Gasteiger partial charge < -0.3 is 15.5 Å². The van der Waals surface area contributed by atoms with E-state index in [4.69, 9.17) is 0 Å². The van der Waals surface area contributed by atoms with E-state index in [1.807, 2.05) is 7.05 Å². The normalized spacial score (nSPS) is 19.3. The lowest BCUT2D eigenvalue weighted by Crippen LogP contribution is -2.51. The smallest absolute Gasteiger partial charge is 0.225 e. The second-order valence-corrected chi connectivity index (χ2v) is 8.11. The molecule has 0 unspecified atom stereocenters. The van der Waals surface area contributed by atoms with E-state index in [0.717, 1.165) is 70.5 Å². The van der Waals surface area contributed by atoms with Crippen LogP contribution in [0.2, 0.25) is 0 Å². The highest BCUT2D eigenvalue weighted by molar-refractivity contribution is 14.0. The minimum atomic E-state index is 0. The summed E-state index contributed by atoms with van der Waals surface area (Å²) in [7, 11) is 1.82. The zero-order valence-corrected chi connectivity index (χ0v) is 19.8. The van der Waals surface area contributed by atoms with E-state index in [0.29, 0.717) is 11.8 Å². The number of halogens is 1. The number of carbonyl (C=O) groups excluding carboxylic acids is 1. The standard InChI is InChI=1S/C20H39N5O.HI/c1-17(2)7-6-10-22-20(21-3)23-11-12-24-13-15-25(16-14-24)19(26)18-8-4-5-9-18;/h17-18H,4-16H2,1-3H3,(H2,21,22,23);1H. The Morgan fingerprint density at radius 3 is 2.30 bits per heavy atom. The van der Waals surface area contributed by atoms with Crippen molar-refractivity contribution in [3.63, 3.8) is 0 Å². The van der Waals surface area contributed by atoms with E-state index in [1.54, 1.807) is 0 Å². The van der Waals surface area contributed by atoms with Crippen LogP contribution in [0.1, 0.15) is 52.4 Å². The Kier molecular flexibility index (Phi) is 12.3. The van der Waals surface area contributed by atoms with Gasteiger partial charge in [-0.25, -0.2) is 0 Å². The summed E-state index contributed by atoms with van der Waals surface area (Å²) >= 11 is 0. The molecule has 2 N–H and O–H groups in total. The van der Waals surface area contributed by atoms with Gasteiger partial charge in [0, 0.05) is 58.8 Å². The first-order valence-electron chi connectivity index (χ1n) is 10.6. The quantitative estimate of drug-likeness (QED) is 0.236. The van der Waals surface area contributed by atoms with Crippen molar-refractivity contribution < 1.29 is 4.79 Å². The number of carbonyl (C=O) groups is 1. The van der Waals surface area contributed by atoms with Crippen LogP contribution >= 0.6 is 24.0 Å². The van der Waals surface area contributed by atoms with E-state index in [-0.39, 0.29) is 24.0 Å². The number of rotatable bonds is 8. The molecule has 2 rings (SSSR count). The third-order valence-electron chi connectivity index (χ3n) is 5.58. The largest absolute Gasteiger partial charge is 0.356 e. The average Bonchev–Trinajstić information content (AvgIpc) is 3.18. The number of nitrogens with one attached hydrogen (secondary N) is 2. The number of aliphatic imine (C=N–C) groups is 1. The Hall–Kier alpha value is -0.570. The SMILES string of the molecule is CN=C(NCCCC(C)C)NCCN1CCN(C(=O)C2CCCC2)CC1.I. The predicted octanol–water partition coefficient (Wildman–Crippen LogP) is 2.54. The number of guanidine groups is 1. The molecule has 1 heterocycles. The number of piperazine rings is 1. The van der Waals surface area contributed by atoms with E-state index < -0.39 is 0 Å².